The first kappa shape index (κ1) is 19.9. The van der Waals surface area contributed by atoms with Gasteiger partial charge in [-0.25, -0.2) is 8.42 Å². The zero-order valence-corrected chi connectivity index (χ0v) is 17.1. The molecule has 0 radical (unpaired) electrons. The minimum absolute atomic E-state index is 0.112. The number of carbonyl (C=O) groups is 1. The van der Waals surface area contributed by atoms with E-state index in [1.807, 2.05) is 31.2 Å². The number of sulfonamides is 1. The van der Waals surface area contributed by atoms with Crippen LogP contribution in [0.1, 0.15) is 34.3 Å². The van der Waals surface area contributed by atoms with Crippen molar-refractivity contribution in [1.82, 2.24) is 9.21 Å². The molecule has 0 aromatic heterocycles. The molecule has 1 amide bonds. The van der Waals surface area contributed by atoms with Crippen molar-refractivity contribution < 1.29 is 13.2 Å². The zero-order chi connectivity index (χ0) is 19.6. The normalized spacial score (nSPS) is 15.1. The molecule has 144 valence electrons. The molecule has 0 atom stereocenters. The van der Waals surface area contributed by atoms with Crippen molar-refractivity contribution in [2.24, 2.45) is 0 Å². The molecular weight excluding hydrogens is 384 g/mol. The van der Waals surface area contributed by atoms with Crippen LogP contribution in [-0.2, 0) is 16.6 Å². The molecule has 0 saturated carbocycles. The van der Waals surface area contributed by atoms with Crippen LogP contribution in [0.15, 0.2) is 47.4 Å². The van der Waals surface area contributed by atoms with Crippen LogP contribution in [-0.4, -0.2) is 43.7 Å². The van der Waals surface area contributed by atoms with E-state index >= 15 is 0 Å². The Morgan fingerprint density at radius 2 is 1.74 bits per heavy atom. The summed E-state index contributed by atoms with van der Waals surface area (Å²) in [5.41, 5.74) is 2.34. The topological polar surface area (TPSA) is 57.7 Å². The summed E-state index contributed by atoms with van der Waals surface area (Å²) in [6, 6.07) is 12.3. The van der Waals surface area contributed by atoms with Gasteiger partial charge in [0.1, 0.15) is 0 Å². The van der Waals surface area contributed by atoms with Gasteiger partial charge in [0.2, 0.25) is 10.0 Å². The number of hydrogen-bond acceptors (Lipinski definition) is 3. The quantitative estimate of drug-likeness (QED) is 0.760. The molecule has 0 spiro atoms. The third-order valence-electron chi connectivity index (χ3n) is 4.76. The lowest BCUT2D eigenvalue weighted by Gasteiger charge is -2.20. The summed E-state index contributed by atoms with van der Waals surface area (Å²) in [5, 5.41) is 0.246. The molecule has 1 fully saturated rings. The van der Waals surface area contributed by atoms with Crippen LogP contribution in [0.5, 0.6) is 0 Å². The van der Waals surface area contributed by atoms with Crippen LogP contribution in [0.4, 0.5) is 0 Å². The van der Waals surface area contributed by atoms with Crippen LogP contribution < -0.4 is 0 Å². The SMILES string of the molecule is Cc1ccc(CN(C)C(=O)c2cc(S(=O)(=O)N3CCCC3)ccc2Cl)cc1. The molecule has 3 rings (SSSR count). The monoisotopic (exact) mass is 406 g/mol. The second-order valence-electron chi connectivity index (χ2n) is 6.90. The van der Waals surface area contributed by atoms with E-state index in [4.69, 9.17) is 11.6 Å². The molecule has 2 aromatic carbocycles. The van der Waals surface area contributed by atoms with Gasteiger partial charge in [0.15, 0.2) is 0 Å². The number of aryl methyl sites for hydroxylation is 1. The molecule has 0 unspecified atom stereocenters. The molecule has 1 aliphatic rings. The van der Waals surface area contributed by atoms with Gasteiger partial charge in [0.25, 0.3) is 5.91 Å². The Balaban J connectivity index is 1.84. The molecule has 1 saturated heterocycles. The van der Waals surface area contributed by atoms with E-state index in [1.165, 1.54) is 27.4 Å². The third-order valence-corrected chi connectivity index (χ3v) is 6.98. The molecule has 27 heavy (non-hydrogen) atoms. The summed E-state index contributed by atoms with van der Waals surface area (Å²) in [7, 11) is -1.92. The van der Waals surface area contributed by atoms with E-state index in [1.54, 1.807) is 7.05 Å². The lowest BCUT2D eigenvalue weighted by molar-refractivity contribution is 0.0785. The van der Waals surface area contributed by atoms with Gasteiger partial charge in [-0.05, 0) is 43.5 Å². The average Bonchev–Trinajstić information content (AvgIpc) is 3.19. The van der Waals surface area contributed by atoms with Gasteiger partial charge in [-0.15, -0.1) is 0 Å². The number of hydrogen-bond donors (Lipinski definition) is 0. The van der Waals surface area contributed by atoms with Gasteiger partial charge in [0, 0.05) is 26.7 Å². The number of rotatable bonds is 5. The van der Waals surface area contributed by atoms with Crippen molar-refractivity contribution in [3.63, 3.8) is 0 Å². The maximum Gasteiger partial charge on any atom is 0.255 e. The maximum absolute atomic E-state index is 12.9. The highest BCUT2D eigenvalue weighted by atomic mass is 35.5. The number of halogens is 1. The first-order valence-electron chi connectivity index (χ1n) is 8.90. The highest BCUT2D eigenvalue weighted by Gasteiger charge is 2.28. The van der Waals surface area contributed by atoms with Crippen LogP contribution >= 0.6 is 11.6 Å². The Bertz CT molecular complexity index is 936. The van der Waals surface area contributed by atoms with Gasteiger partial charge >= 0.3 is 0 Å². The lowest BCUT2D eigenvalue weighted by Crippen LogP contribution is -2.29. The molecule has 2 aromatic rings. The first-order chi connectivity index (χ1) is 12.8. The first-order valence-corrected chi connectivity index (χ1v) is 10.7. The predicted octanol–water partition coefficient (Wildman–Crippen LogP) is 3.71. The lowest BCUT2D eigenvalue weighted by atomic mass is 10.1. The molecule has 0 aliphatic carbocycles. The zero-order valence-electron chi connectivity index (χ0n) is 15.5. The maximum atomic E-state index is 12.9. The molecule has 5 nitrogen and oxygen atoms in total. The summed E-state index contributed by atoms with van der Waals surface area (Å²) < 4.78 is 27.0. The van der Waals surface area contributed by atoms with E-state index in [0.717, 1.165) is 24.0 Å². The summed E-state index contributed by atoms with van der Waals surface area (Å²) in [6.07, 6.45) is 1.72. The van der Waals surface area contributed by atoms with Crippen molar-refractivity contribution in [2.75, 3.05) is 20.1 Å². The minimum atomic E-state index is -3.60. The molecule has 7 heteroatoms. The van der Waals surface area contributed by atoms with Gasteiger partial charge in [-0.2, -0.15) is 4.31 Å². The minimum Gasteiger partial charge on any atom is -0.337 e. The van der Waals surface area contributed by atoms with E-state index in [9.17, 15) is 13.2 Å². The van der Waals surface area contributed by atoms with Crippen molar-refractivity contribution in [1.29, 1.82) is 0 Å². The van der Waals surface area contributed by atoms with Crippen molar-refractivity contribution in [3.05, 3.63) is 64.2 Å². The van der Waals surface area contributed by atoms with Gasteiger partial charge in [-0.3, -0.25) is 4.79 Å². The van der Waals surface area contributed by atoms with Gasteiger partial charge in [0.05, 0.1) is 15.5 Å². The Kier molecular flexibility index (Phi) is 5.89. The second-order valence-corrected chi connectivity index (χ2v) is 9.24. The van der Waals surface area contributed by atoms with Gasteiger partial charge < -0.3 is 4.90 Å². The number of nitrogens with zero attached hydrogens (tertiary/aromatic N) is 2. The van der Waals surface area contributed by atoms with Crippen LogP contribution in [0, 0.1) is 6.92 Å². The van der Waals surface area contributed by atoms with Crippen molar-refractivity contribution in [3.8, 4) is 0 Å². The number of carbonyl (C=O) groups excluding carboxylic acids is 1. The van der Waals surface area contributed by atoms with Gasteiger partial charge in [-0.1, -0.05) is 41.4 Å². The van der Waals surface area contributed by atoms with E-state index in [-0.39, 0.29) is 21.4 Å². The molecule has 1 aliphatic heterocycles. The highest BCUT2D eigenvalue weighted by Crippen LogP contribution is 2.26. The second kappa shape index (κ2) is 8.00. The largest absolute Gasteiger partial charge is 0.337 e. The van der Waals surface area contributed by atoms with E-state index in [0.29, 0.717) is 19.6 Å². The Morgan fingerprint density at radius 3 is 2.37 bits per heavy atom. The number of amides is 1. The fourth-order valence-electron chi connectivity index (χ4n) is 3.15. The van der Waals surface area contributed by atoms with E-state index < -0.39 is 10.0 Å². The van der Waals surface area contributed by atoms with Crippen LogP contribution in [0.3, 0.4) is 0 Å². The molecular formula is C20H23ClN2O3S. The fraction of sp³-hybridized carbons (Fsp3) is 0.350. The summed E-state index contributed by atoms with van der Waals surface area (Å²) >= 11 is 6.21. The molecule has 1 heterocycles. The Hall–Kier alpha value is -1.89. The smallest absolute Gasteiger partial charge is 0.255 e. The van der Waals surface area contributed by atoms with Crippen molar-refractivity contribution >= 4 is 27.5 Å². The average molecular weight is 407 g/mol. The standard InChI is InChI=1S/C20H23ClN2O3S/c1-15-5-7-16(8-6-15)14-22(2)20(24)18-13-17(9-10-19(18)21)27(25,26)23-11-3-4-12-23/h5-10,13H,3-4,11-12,14H2,1-2H3. The molecule has 0 bridgehead atoms. The third kappa shape index (κ3) is 4.34. The van der Waals surface area contributed by atoms with Crippen molar-refractivity contribution in [2.45, 2.75) is 31.2 Å². The summed E-state index contributed by atoms with van der Waals surface area (Å²) in [4.78, 5) is 14.5. The summed E-state index contributed by atoms with van der Waals surface area (Å²) in [5.74, 6) is -0.306. The summed E-state index contributed by atoms with van der Waals surface area (Å²) in [6.45, 7) is 3.45. The van der Waals surface area contributed by atoms with E-state index in [2.05, 4.69) is 0 Å². The van der Waals surface area contributed by atoms with Crippen LogP contribution in [0.2, 0.25) is 5.02 Å². The predicted molar refractivity (Wildman–Crippen MR) is 106 cm³/mol. The molecule has 0 N–H and O–H groups in total. The Morgan fingerprint density at radius 1 is 1.11 bits per heavy atom. The Labute approximate surface area is 165 Å². The number of benzene rings is 2. The highest BCUT2D eigenvalue weighted by molar-refractivity contribution is 7.89. The fourth-order valence-corrected chi connectivity index (χ4v) is 4.89. The van der Waals surface area contributed by atoms with Crippen LogP contribution in [0.25, 0.3) is 0 Å².